The lowest BCUT2D eigenvalue weighted by atomic mass is 9.72. The molecule has 40 heavy (non-hydrogen) atoms. The van der Waals surface area contributed by atoms with Crippen LogP contribution in [-0.2, 0) is 26.2 Å². The molecule has 0 radical (unpaired) electrons. The van der Waals surface area contributed by atoms with E-state index in [4.69, 9.17) is 0 Å². The first-order chi connectivity index (χ1) is 19.6. The number of benzene rings is 1. The van der Waals surface area contributed by atoms with Gasteiger partial charge in [-0.1, -0.05) is 24.3 Å². The number of nitrogens with zero attached hydrogens (tertiary/aromatic N) is 5. The number of aromatic amines is 2. The summed E-state index contributed by atoms with van der Waals surface area (Å²) < 4.78 is 0. The van der Waals surface area contributed by atoms with E-state index in [-0.39, 0.29) is 5.91 Å². The standard InChI is InChI=1S/C31H39N7OS/c1-24-7-18-40-27(24)21-36-16-9-31(10-17-36)8-2-15-37(23-31)19-25-3-5-26(6-4-25)20-38(22-28-32-11-12-33-28)30(39)29-34-13-14-35-29/h3-7,11-14,18H,2,8-10,15-17,19-23H2,1H3,(H,32,33)(H,34,35). The summed E-state index contributed by atoms with van der Waals surface area (Å²) in [5.41, 5.74) is 4.34. The number of likely N-dealkylation sites (tertiary alicyclic amines) is 2. The fraction of sp³-hybridized carbons (Fsp3) is 0.452. The number of hydrogen-bond donors (Lipinski definition) is 2. The normalized spacial score (nSPS) is 17.8. The van der Waals surface area contributed by atoms with Crippen LogP contribution in [0.3, 0.4) is 0 Å². The maximum Gasteiger partial charge on any atom is 0.290 e. The minimum Gasteiger partial charge on any atom is -0.347 e. The molecule has 8 nitrogen and oxygen atoms in total. The van der Waals surface area contributed by atoms with Crippen molar-refractivity contribution in [1.29, 1.82) is 0 Å². The molecule has 210 valence electrons. The van der Waals surface area contributed by atoms with Crippen molar-refractivity contribution in [2.75, 3.05) is 26.2 Å². The van der Waals surface area contributed by atoms with Crippen LogP contribution in [0.15, 0.2) is 60.5 Å². The summed E-state index contributed by atoms with van der Waals surface area (Å²) >= 11 is 1.90. The number of rotatable bonds is 9. The zero-order valence-corrected chi connectivity index (χ0v) is 24.1. The molecule has 0 saturated carbocycles. The fourth-order valence-corrected chi connectivity index (χ4v) is 7.28. The average Bonchev–Trinajstić information content (AvgIpc) is 3.75. The maximum atomic E-state index is 13.1. The molecule has 5 heterocycles. The third-order valence-electron chi connectivity index (χ3n) is 8.68. The second-order valence-corrected chi connectivity index (χ2v) is 12.6. The van der Waals surface area contributed by atoms with Crippen molar-refractivity contribution in [3.63, 3.8) is 0 Å². The summed E-state index contributed by atoms with van der Waals surface area (Å²) in [7, 11) is 0. The van der Waals surface area contributed by atoms with Gasteiger partial charge in [-0.25, -0.2) is 9.97 Å². The van der Waals surface area contributed by atoms with E-state index in [0.29, 0.717) is 24.3 Å². The number of imidazole rings is 2. The molecule has 2 N–H and O–H groups in total. The monoisotopic (exact) mass is 557 g/mol. The summed E-state index contributed by atoms with van der Waals surface area (Å²) in [6.45, 7) is 10.0. The van der Waals surface area contributed by atoms with E-state index in [9.17, 15) is 4.79 Å². The third-order valence-corrected chi connectivity index (χ3v) is 9.69. The summed E-state index contributed by atoms with van der Waals surface area (Å²) in [6, 6.07) is 11.0. The molecule has 0 aliphatic carbocycles. The molecule has 1 aromatic carbocycles. The van der Waals surface area contributed by atoms with E-state index in [2.05, 4.69) is 72.4 Å². The molecule has 0 atom stereocenters. The van der Waals surface area contributed by atoms with Crippen LogP contribution in [0.1, 0.15) is 63.7 Å². The van der Waals surface area contributed by atoms with E-state index in [0.717, 1.165) is 24.5 Å². The molecule has 2 saturated heterocycles. The molecule has 1 spiro atoms. The van der Waals surface area contributed by atoms with Crippen molar-refractivity contribution in [2.24, 2.45) is 5.41 Å². The molecule has 3 aromatic heterocycles. The van der Waals surface area contributed by atoms with Gasteiger partial charge < -0.3 is 14.9 Å². The van der Waals surface area contributed by atoms with Gasteiger partial charge in [-0.3, -0.25) is 14.6 Å². The van der Waals surface area contributed by atoms with E-state index in [1.54, 1.807) is 29.7 Å². The van der Waals surface area contributed by atoms with E-state index < -0.39 is 0 Å². The van der Waals surface area contributed by atoms with Crippen LogP contribution in [0.2, 0.25) is 0 Å². The van der Waals surface area contributed by atoms with Crippen LogP contribution in [0.25, 0.3) is 0 Å². The number of nitrogens with one attached hydrogen (secondary N) is 2. The Hall–Kier alpha value is -3.27. The number of thiophene rings is 1. The predicted molar refractivity (Wildman–Crippen MR) is 158 cm³/mol. The molecule has 9 heteroatoms. The Bertz CT molecular complexity index is 1360. The Labute approximate surface area is 240 Å². The van der Waals surface area contributed by atoms with Gasteiger partial charge in [-0.05, 0) is 85.8 Å². The molecular weight excluding hydrogens is 518 g/mol. The molecule has 4 aromatic rings. The van der Waals surface area contributed by atoms with Gasteiger partial charge in [0.15, 0.2) is 5.82 Å². The zero-order valence-electron chi connectivity index (χ0n) is 23.3. The Morgan fingerprint density at radius 3 is 2.40 bits per heavy atom. The summed E-state index contributed by atoms with van der Waals surface area (Å²) in [5, 5.41) is 2.22. The molecular formula is C31H39N7OS. The lowest BCUT2D eigenvalue weighted by Crippen LogP contribution is -2.49. The van der Waals surface area contributed by atoms with Gasteiger partial charge in [0.05, 0.1) is 6.54 Å². The third kappa shape index (κ3) is 6.37. The first-order valence-corrected chi connectivity index (χ1v) is 15.3. The molecule has 6 rings (SSSR count). The molecule has 0 unspecified atom stereocenters. The smallest absolute Gasteiger partial charge is 0.290 e. The Morgan fingerprint density at radius 1 is 0.925 bits per heavy atom. The van der Waals surface area contributed by atoms with Crippen molar-refractivity contribution in [3.05, 3.63) is 93.7 Å². The molecule has 2 aliphatic rings. The van der Waals surface area contributed by atoms with Gasteiger partial charge in [0.25, 0.3) is 5.91 Å². The number of H-pyrrole nitrogens is 2. The SMILES string of the molecule is Cc1ccsc1CN1CCC2(CCCN(Cc3ccc(CN(Cc4ncc[nH]4)C(=O)c4ncc[nH]4)cc3)C2)CC1. The highest BCUT2D eigenvalue weighted by Gasteiger charge is 2.38. The molecule has 2 aliphatic heterocycles. The first kappa shape index (κ1) is 26.9. The van der Waals surface area contributed by atoms with Crippen molar-refractivity contribution in [2.45, 2.75) is 58.8 Å². The lowest BCUT2D eigenvalue weighted by molar-refractivity contribution is 0.0188. The number of amides is 1. The number of hydrogen-bond acceptors (Lipinski definition) is 6. The Balaban J connectivity index is 1.04. The number of aromatic nitrogens is 4. The number of carbonyl (C=O) groups excluding carboxylic acids is 1. The summed E-state index contributed by atoms with van der Waals surface area (Å²) in [6.07, 6.45) is 12.0. The van der Waals surface area contributed by atoms with Gasteiger partial charge in [-0.15, -0.1) is 11.3 Å². The Kier molecular flexibility index (Phi) is 8.13. The molecule has 2 fully saturated rings. The average molecular weight is 558 g/mol. The fourth-order valence-electron chi connectivity index (χ4n) is 6.33. The van der Waals surface area contributed by atoms with Crippen LogP contribution in [-0.4, -0.2) is 66.7 Å². The highest BCUT2D eigenvalue weighted by atomic mass is 32.1. The number of piperidine rings is 2. The van der Waals surface area contributed by atoms with Gasteiger partial charge in [0.2, 0.25) is 0 Å². The van der Waals surface area contributed by atoms with Gasteiger partial charge in [-0.2, -0.15) is 0 Å². The molecule has 1 amide bonds. The first-order valence-electron chi connectivity index (χ1n) is 14.4. The maximum absolute atomic E-state index is 13.1. The quantitative estimate of drug-likeness (QED) is 0.295. The van der Waals surface area contributed by atoms with Crippen LogP contribution in [0, 0.1) is 12.3 Å². The van der Waals surface area contributed by atoms with Crippen molar-refractivity contribution >= 4 is 17.2 Å². The topological polar surface area (TPSA) is 84.2 Å². The Morgan fingerprint density at radius 2 is 1.70 bits per heavy atom. The number of aryl methyl sites for hydroxylation is 1. The second kappa shape index (κ2) is 12.1. The van der Waals surface area contributed by atoms with E-state index in [1.165, 1.54) is 67.9 Å². The molecule has 0 bridgehead atoms. The minimum atomic E-state index is -0.138. The van der Waals surface area contributed by atoms with Crippen molar-refractivity contribution in [1.82, 2.24) is 34.6 Å². The summed E-state index contributed by atoms with van der Waals surface area (Å²) in [4.78, 5) is 36.2. The van der Waals surface area contributed by atoms with E-state index in [1.807, 2.05) is 11.3 Å². The highest BCUT2D eigenvalue weighted by Crippen LogP contribution is 2.40. The van der Waals surface area contributed by atoms with E-state index >= 15 is 0 Å². The highest BCUT2D eigenvalue weighted by molar-refractivity contribution is 7.10. The second-order valence-electron chi connectivity index (χ2n) is 11.6. The predicted octanol–water partition coefficient (Wildman–Crippen LogP) is 5.22. The van der Waals surface area contributed by atoms with Crippen molar-refractivity contribution in [3.8, 4) is 0 Å². The minimum absolute atomic E-state index is 0.138. The van der Waals surface area contributed by atoms with Crippen LogP contribution >= 0.6 is 11.3 Å². The van der Waals surface area contributed by atoms with Crippen LogP contribution in [0.4, 0.5) is 0 Å². The lowest BCUT2D eigenvalue weighted by Gasteiger charge is -2.48. The largest absolute Gasteiger partial charge is 0.347 e. The van der Waals surface area contributed by atoms with Crippen LogP contribution in [0.5, 0.6) is 0 Å². The van der Waals surface area contributed by atoms with Crippen LogP contribution < -0.4 is 0 Å². The van der Waals surface area contributed by atoms with Gasteiger partial charge in [0.1, 0.15) is 5.82 Å². The zero-order chi connectivity index (χ0) is 27.4. The number of carbonyl (C=O) groups is 1. The summed E-state index contributed by atoms with van der Waals surface area (Å²) in [5.74, 6) is 0.957. The van der Waals surface area contributed by atoms with Crippen molar-refractivity contribution < 1.29 is 4.79 Å². The van der Waals surface area contributed by atoms with Gasteiger partial charge in [0, 0.05) is 55.8 Å². The van der Waals surface area contributed by atoms with Gasteiger partial charge >= 0.3 is 0 Å².